The fourth-order valence-corrected chi connectivity index (χ4v) is 2.52. The number of esters is 1. The molecule has 1 saturated heterocycles. The van der Waals surface area contributed by atoms with Crippen molar-refractivity contribution in [2.45, 2.75) is 13.0 Å². The SMILES string of the molecule is CCOC(=O)C1=NOC2C(=O)N(c3ccc(Cl)cc3)C(=O)C12. The zero-order chi connectivity index (χ0) is 15.9. The van der Waals surface area contributed by atoms with Gasteiger partial charge in [0, 0.05) is 5.02 Å². The summed E-state index contributed by atoms with van der Waals surface area (Å²) in [5.41, 5.74) is 0.183. The molecule has 0 spiro atoms. The molecule has 0 radical (unpaired) electrons. The molecule has 7 nitrogen and oxygen atoms in total. The van der Waals surface area contributed by atoms with Crippen molar-refractivity contribution in [1.82, 2.24) is 0 Å². The third-order valence-corrected chi connectivity index (χ3v) is 3.63. The van der Waals surface area contributed by atoms with Gasteiger partial charge in [0.2, 0.25) is 12.0 Å². The molecule has 8 heteroatoms. The summed E-state index contributed by atoms with van der Waals surface area (Å²) in [6.45, 7) is 1.77. The third-order valence-electron chi connectivity index (χ3n) is 3.38. The lowest BCUT2D eigenvalue weighted by Crippen LogP contribution is -2.34. The van der Waals surface area contributed by atoms with E-state index in [2.05, 4.69) is 5.16 Å². The second-order valence-electron chi connectivity index (χ2n) is 4.69. The first-order valence-electron chi connectivity index (χ1n) is 6.58. The number of oxime groups is 1. The number of amides is 2. The molecule has 1 aromatic carbocycles. The number of imide groups is 1. The molecule has 0 N–H and O–H groups in total. The zero-order valence-electron chi connectivity index (χ0n) is 11.5. The van der Waals surface area contributed by atoms with Gasteiger partial charge in [-0.25, -0.2) is 9.69 Å². The molecular formula is C14H11ClN2O5. The van der Waals surface area contributed by atoms with Crippen LogP contribution in [0, 0.1) is 5.92 Å². The van der Waals surface area contributed by atoms with Crippen LogP contribution in [0.15, 0.2) is 29.4 Å². The summed E-state index contributed by atoms with van der Waals surface area (Å²) in [7, 11) is 0. The smallest absolute Gasteiger partial charge is 0.357 e. The first-order chi connectivity index (χ1) is 10.5. The van der Waals surface area contributed by atoms with Crippen LogP contribution in [0.2, 0.25) is 5.02 Å². The Bertz CT molecular complexity index is 685. The molecule has 2 aliphatic heterocycles. The highest BCUT2D eigenvalue weighted by molar-refractivity contribution is 6.46. The lowest BCUT2D eigenvalue weighted by Gasteiger charge is -2.15. The molecule has 1 fully saturated rings. The van der Waals surface area contributed by atoms with Gasteiger partial charge in [0.15, 0.2) is 5.71 Å². The van der Waals surface area contributed by atoms with E-state index >= 15 is 0 Å². The van der Waals surface area contributed by atoms with Gasteiger partial charge in [0.25, 0.3) is 5.91 Å². The van der Waals surface area contributed by atoms with E-state index in [0.29, 0.717) is 10.7 Å². The van der Waals surface area contributed by atoms with Crippen molar-refractivity contribution in [3.05, 3.63) is 29.3 Å². The average Bonchev–Trinajstić information content (AvgIpc) is 3.03. The van der Waals surface area contributed by atoms with Crippen molar-refractivity contribution < 1.29 is 24.0 Å². The number of carbonyl (C=O) groups excluding carboxylic acids is 3. The highest BCUT2D eigenvalue weighted by Crippen LogP contribution is 2.33. The molecule has 2 atom stereocenters. The van der Waals surface area contributed by atoms with Gasteiger partial charge in [0.1, 0.15) is 5.92 Å². The van der Waals surface area contributed by atoms with Gasteiger partial charge >= 0.3 is 5.97 Å². The van der Waals surface area contributed by atoms with E-state index < -0.39 is 29.8 Å². The molecule has 1 aromatic rings. The van der Waals surface area contributed by atoms with Crippen molar-refractivity contribution in [3.63, 3.8) is 0 Å². The van der Waals surface area contributed by atoms with E-state index in [9.17, 15) is 14.4 Å². The second kappa shape index (κ2) is 5.42. The summed E-state index contributed by atoms with van der Waals surface area (Å²) < 4.78 is 4.83. The highest BCUT2D eigenvalue weighted by atomic mass is 35.5. The maximum absolute atomic E-state index is 12.5. The van der Waals surface area contributed by atoms with Crippen molar-refractivity contribution in [3.8, 4) is 0 Å². The van der Waals surface area contributed by atoms with Crippen LogP contribution >= 0.6 is 11.6 Å². The molecule has 3 rings (SSSR count). The van der Waals surface area contributed by atoms with E-state index in [-0.39, 0.29) is 12.3 Å². The van der Waals surface area contributed by atoms with Gasteiger partial charge in [-0.15, -0.1) is 0 Å². The van der Waals surface area contributed by atoms with Gasteiger partial charge in [-0.05, 0) is 31.2 Å². The molecular weight excluding hydrogens is 312 g/mol. The number of fused-ring (bicyclic) bond motifs is 1. The molecule has 2 amide bonds. The summed E-state index contributed by atoms with van der Waals surface area (Å²) in [5.74, 6) is -2.96. The van der Waals surface area contributed by atoms with Crippen LogP contribution < -0.4 is 4.90 Å². The normalized spacial score (nSPS) is 23.2. The number of rotatable bonds is 3. The van der Waals surface area contributed by atoms with Gasteiger partial charge in [-0.2, -0.15) is 0 Å². The zero-order valence-corrected chi connectivity index (χ0v) is 12.2. The number of hydrogen-bond donors (Lipinski definition) is 0. The molecule has 2 unspecified atom stereocenters. The Hall–Kier alpha value is -2.41. The molecule has 2 heterocycles. The van der Waals surface area contributed by atoms with Crippen molar-refractivity contribution in [1.29, 1.82) is 0 Å². The summed E-state index contributed by atoms with van der Waals surface area (Å²) in [4.78, 5) is 42.6. The number of ether oxygens (including phenoxy) is 1. The van der Waals surface area contributed by atoms with Crippen LogP contribution in [0.5, 0.6) is 0 Å². The average molecular weight is 323 g/mol. The summed E-state index contributed by atoms with van der Waals surface area (Å²) in [6.07, 6.45) is -1.12. The lowest BCUT2D eigenvalue weighted by molar-refractivity contribution is -0.136. The molecule has 0 aliphatic carbocycles. The predicted octanol–water partition coefficient (Wildman–Crippen LogP) is 1.15. The highest BCUT2D eigenvalue weighted by Gasteiger charge is 2.58. The fraction of sp³-hybridized carbons (Fsp3) is 0.286. The maximum Gasteiger partial charge on any atom is 0.357 e. The minimum absolute atomic E-state index is 0.137. The Kier molecular flexibility index (Phi) is 3.58. The van der Waals surface area contributed by atoms with E-state index in [0.717, 1.165) is 4.90 Å². The molecule has 114 valence electrons. The monoisotopic (exact) mass is 322 g/mol. The Morgan fingerprint density at radius 1 is 1.32 bits per heavy atom. The van der Waals surface area contributed by atoms with Gasteiger partial charge in [-0.1, -0.05) is 16.8 Å². The van der Waals surface area contributed by atoms with Crippen molar-refractivity contribution in [2.75, 3.05) is 11.5 Å². The van der Waals surface area contributed by atoms with Crippen LogP contribution in [0.4, 0.5) is 5.69 Å². The van der Waals surface area contributed by atoms with Crippen molar-refractivity contribution >= 4 is 40.8 Å². The number of anilines is 1. The minimum atomic E-state index is -1.12. The summed E-state index contributed by atoms with van der Waals surface area (Å²) >= 11 is 5.79. The minimum Gasteiger partial charge on any atom is -0.461 e. The molecule has 22 heavy (non-hydrogen) atoms. The first-order valence-corrected chi connectivity index (χ1v) is 6.96. The van der Waals surface area contributed by atoms with Gasteiger partial charge in [-0.3, -0.25) is 9.59 Å². The first kappa shape index (κ1) is 14.5. The van der Waals surface area contributed by atoms with Crippen LogP contribution in [0.25, 0.3) is 0 Å². The fourth-order valence-electron chi connectivity index (χ4n) is 2.40. The van der Waals surface area contributed by atoms with Crippen molar-refractivity contribution in [2.24, 2.45) is 11.1 Å². The second-order valence-corrected chi connectivity index (χ2v) is 5.13. The predicted molar refractivity (Wildman–Crippen MR) is 76.4 cm³/mol. The van der Waals surface area contributed by atoms with Gasteiger partial charge < -0.3 is 9.57 Å². The van der Waals surface area contributed by atoms with E-state index in [1.807, 2.05) is 0 Å². The van der Waals surface area contributed by atoms with Crippen LogP contribution in [0.3, 0.4) is 0 Å². The van der Waals surface area contributed by atoms with Gasteiger partial charge in [0.05, 0.1) is 12.3 Å². The van der Waals surface area contributed by atoms with Crippen LogP contribution in [-0.4, -0.2) is 36.2 Å². The summed E-state index contributed by atoms with van der Waals surface area (Å²) in [6, 6.07) is 6.21. The molecule has 0 aromatic heterocycles. The van der Waals surface area contributed by atoms with Crippen LogP contribution in [0.1, 0.15) is 6.92 Å². The Balaban J connectivity index is 1.91. The molecule has 0 bridgehead atoms. The number of carbonyl (C=O) groups is 3. The topological polar surface area (TPSA) is 85.3 Å². The third kappa shape index (κ3) is 2.14. The quantitative estimate of drug-likeness (QED) is 0.615. The lowest BCUT2D eigenvalue weighted by atomic mass is 10.00. The number of hydrogen-bond acceptors (Lipinski definition) is 6. The van der Waals surface area contributed by atoms with Crippen LogP contribution in [-0.2, 0) is 24.0 Å². The van der Waals surface area contributed by atoms with E-state index in [1.165, 1.54) is 0 Å². The number of nitrogens with zero attached hydrogens (tertiary/aromatic N) is 2. The van der Waals surface area contributed by atoms with E-state index in [1.54, 1.807) is 31.2 Å². The summed E-state index contributed by atoms with van der Waals surface area (Å²) in [5, 5.41) is 4.01. The Morgan fingerprint density at radius 2 is 2.00 bits per heavy atom. The number of benzene rings is 1. The maximum atomic E-state index is 12.5. The molecule has 2 aliphatic rings. The molecule has 0 saturated carbocycles. The Morgan fingerprint density at radius 3 is 2.64 bits per heavy atom. The number of halogens is 1. The van der Waals surface area contributed by atoms with E-state index in [4.69, 9.17) is 21.2 Å². The largest absolute Gasteiger partial charge is 0.461 e. The Labute approximate surface area is 130 Å². The standard InChI is InChI=1S/C14H11ClN2O5/c1-2-21-14(20)10-9-11(22-16-10)13(19)17(12(9)18)8-5-3-7(15)4-6-8/h3-6,9,11H,2H2,1H3.